The average molecular weight is 231 g/mol. The SMILES string of the molecule is COc1cccc(C(=O)CCCCCC#N)c1. The highest BCUT2D eigenvalue weighted by molar-refractivity contribution is 5.96. The fourth-order valence-electron chi connectivity index (χ4n) is 1.61. The molecule has 17 heavy (non-hydrogen) atoms. The third-order valence-electron chi connectivity index (χ3n) is 2.58. The van der Waals surface area contributed by atoms with Crippen LogP contribution in [0, 0.1) is 11.3 Å². The molecule has 0 N–H and O–H groups in total. The molecule has 0 saturated carbocycles. The Bertz CT molecular complexity index is 407. The van der Waals surface area contributed by atoms with E-state index in [0.717, 1.165) is 19.3 Å². The van der Waals surface area contributed by atoms with Gasteiger partial charge in [-0.2, -0.15) is 5.26 Å². The van der Waals surface area contributed by atoms with Gasteiger partial charge in [0, 0.05) is 18.4 Å². The number of nitriles is 1. The van der Waals surface area contributed by atoms with Crippen LogP contribution >= 0.6 is 0 Å². The highest BCUT2D eigenvalue weighted by atomic mass is 16.5. The van der Waals surface area contributed by atoms with Crippen LogP contribution in [0.4, 0.5) is 0 Å². The number of hydrogen-bond acceptors (Lipinski definition) is 3. The van der Waals surface area contributed by atoms with E-state index in [4.69, 9.17) is 10.00 Å². The van der Waals surface area contributed by atoms with Crippen LogP contribution < -0.4 is 4.74 Å². The standard InChI is InChI=1S/C14H17NO2/c1-17-13-8-6-7-12(11-13)14(16)9-4-2-3-5-10-15/h6-8,11H,2-5,9H2,1H3. The van der Waals surface area contributed by atoms with Gasteiger partial charge in [0.25, 0.3) is 0 Å². The largest absolute Gasteiger partial charge is 0.497 e. The van der Waals surface area contributed by atoms with Gasteiger partial charge in [0.1, 0.15) is 5.75 Å². The molecule has 0 aromatic heterocycles. The van der Waals surface area contributed by atoms with Crippen molar-refractivity contribution in [3.05, 3.63) is 29.8 Å². The molecule has 0 atom stereocenters. The molecule has 3 nitrogen and oxygen atoms in total. The van der Waals surface area contributed by atoms with E-state index < -0.39 is 0 Å². The molecule has 0 aliphatic rings. The number of ether oxygens (including phenoxy) is 1. The van der Waals surface area contributed by atoms with Crippen molar-refractivity contribution in [2.45, 2.75) is 32.1 Å². The van der Waals surface area contributed by atoms with Crippen molar-refractivity contribution in [3.63, 3.8) is 0 Å². The Morgan fingerprint density at radius 1 is 1.35 bits per heavy atom. The molecular formula is C14H17NO2. The number of methoxy groups -OCH3 is 1. The van der Waals surface area contributed by atoms with E-state index in [0.29, 0.717) is 24.2 Å². The molecule has 0 fully saturated rings. The lowest BCUT2D eigenvalue weighted by Crippen LogP contribution is -1.99. The quantitative estimate of drug-likeness (QED) is 0.534. The van der Waals surface area contributed by atoms with Crippen LogP contribution in [0.1, 0.15) is 42.5 Å². The van der Waals surface area contributed by atoms with Gasteiger partial charge in [-0.05, 0) is 25.0 Å². The maximum Gasteiger partial charge on any atom is 0.163 e. The van der Waals surface area contributed by atoms with Crippen molar-refractivity contribution in [2.24, 2.45) is 0 Å². The van der Waals surface area contributed by atoms with Crippen LogP contribution in [0.25, 0.3) is 0 Å². The van der Waals surface area contributed by atoms with Crippen molar-refractivity contribution < 1.29 is 9.53 Å². The van der Waals surface area contributed by atoms with Crippen LogP contribution in [0.15, 0.2) is 24.3 Å². The van der Waals surface area contributed by atoms with Crippen molar-refractivity contribution in [1.82, 2.24) is 0 Å². The molecule has 0 heterocycles. The van der Waals surface area contributed by atoms with E-state index in [2.05, 4.69) is 6.07 Å². The Hall–Kier alpha value is -1.82. The number of hydrogen-bond donors (Lipinski definition) is 0. The van der Waals surface area contributed by atoms with Gasteiger partial charge in [-0.3, -0.25) is 4.79 Å². The smallest absolute Gasteiger partial charge is 0.163 e. The number of nitrogens with zero attached hydrogens (tertiary/aromatic N) is 1. The normalized spacial score (nSPS) is 9.65. The summed E-state index contributed by atoms with van der Waals surface area (Å²) in [6, 6.07) is 9.31. The summed E-state index contributed by atoms with van der Waals surface area (Å²) >= 11 is 0. The zero-order valence-corrected chi connectivity index (χ0v) is 10.1. The number of carbonyl (C=O) groups is 1. The van der Waals surface area contributed by atoms with Gasteiger partial charge in [-0.1, -0.05) is 18.6 Å². The number of Topliss-reactive ketones (excluding diaryl/α,β-unsaturated/α-hetero) is 1. The van der Waals surface area contributed by atoms with E-state index in [9.17, 15) is 4.79 Å². The molecule has 0 bridgehead atoms. The maximum absolute atomic E-state index is 11.8. The van der Waals surface area contributed by atoms with Gasteiger partial charge in [0.2, 0.25) is 0 Å². The number of rotatable bonds is 7. The Kier molecular flexibility index (Phi) is 5.81. The van der Waals surface area contributed by atoms with Crippen LogP contribution in [0.2, 0.25) is 0 Å². The minimum atomic E-state index is 0.140. The van der Waals surface area contributed by atoms with Crippen molar-refractivity contribution >= 4 is 5.78 Å². The Balaban J connectivity index is 2.39. The zero-order chi connectivity index (χ0) is 12.5. The van der Waals surface area contributed by atoms with Crippen LogP contribution in [0.3, 0.4) is 0 Å². The predicted molar refractivity (Wildman–Crippen MR) is 66.0 cm³/mol. The molecule has 1 aromatic carbocycles. The van der Waals surface area contributed by atoms with Crippen LogP contribution in [-0.2, 0) is 0 Å². The van der Waals surface area contributed by atoms with E-state index in [1.54, 1.807) is 19.2 Å². The van der Waals surface area contributed by atoms with Gasteiger partial charge < -0.3 is 4.74 Å². The first-order valence-corrected chi connectivity index (χ1v) is 5.82. The van der Waals surface area contributed by atoms with Crippen LogP contribution in [0.5, 0.6) is 5.75 Å². The van der Waals surface area contributed by atoms with E-state index in [1.807, 2.05) is 12.1 Å². The summed E-state index contributed by atoms with van der Waals surface area (Å²) in [4.78, 5) is 11.8. The molecule has 3 heteroatoms. The predicted octanol–water partition coefficient (Wildman–Crippen LogP) is 3.35. The van der Waals surface area contributed by atoms with Gasteiger partial charge in [0.15, 0.2) is 5.78 Å². The third-order valence-corrected chi connectivity index (χ3v) is 2.58. The fourth-order valence-corrected chi connectivity index (χ4v) is 1.61. The second-order valence-electron chi connectivity index (χ2n) is 3.87. The monoisotopic (exact) mass is 231 g/mol. The number of carbonyl (C=O) groups excluding carboxylic acids is 1. The van der Waals surface area contributed by atoms with Gasteiger partial charge in [-0.15, -0.1) is 0 Å². The molecule has 0 unspecified atom stereocenters. The molecule has 1 aromatic rings. The molecule has 0 aliphatic carbocycles. The summed E-state index contributed by atoms with van der Waals surface area (Å²) in [5, 5.41) is 8.38. The highest BCUT2D eigenvalue weighted by Gasteiger charge is 2.06. The molecule has 0 radical (unpaired) electrons. The van der Waals surface area contributed by atoms with E-state index >= 15 is 0 Å². The molecule has 0 amide bonds. The summed E-state index contributed by atoms with van der Waals surface area (Å²) in [6.07, 6.45) is 3.77. The van der Waals surface area contributed by atoms with E-state index in [1.165, 1.54) is 0 Å². The summed E-state index contributed by atoms with van der Waals surface area (Å²) in [7, 11) is 1.59. The highest BCUT2D eigenvalue weighted by Crippen LogP contribution is 2.15. The van der Waals surface area contributed by atoms with Gasteiger partial charge in [-0.25, -0.2) is 0 Å². The number of benzene rings is 1. The fraction of sp³-hybridized carbons (Fsp3) is 0.429. The van der Waals surface area contributed by atoms with E-state index in [-0.39, 0.29) is 5.78 Å². The zero-order valence-electron chi connectivity index (χ0n) is 10.1. The molecule has 0 saturated heterocycles. The lowest BCUT2D eigenvalue weighted by atomic mass is 10.0. The lowest BCUT2D eigenvalue weighted by molar-refractivity contribution is 0.0979. The molecule has 0 aliphatic heterocycles. The second-order valence-corrected chi connectivity index (χ2v) is 3.87. The van der Waals surface area contributed by atoms with Crippen molar-refractivity contribution in [1.29, 1.82) is 5.26 Å². The Morgan fingerprint density at radius 3 is 2.88 bits per heavy atom. The summed E-state index contributed by atoms with van der Waals surface area (Å²) in [5.74, 6) is 0.848. The average Bonchev–Trinajstić information content (AvgIpc) is 2.38. The minimum Gasteiger partial charge on any atom is -0.497 e. The third kappa shape index (κ3) is 4.69. The maximum atomic E-state index is 11.8. The summed E-state index contributed by atoms with van der Waals surface area (Å²) in [6.45, 7) is 0. The first kappa shape index (κ1) is 13.2. The first-order chi connectivity index (χ1) is 8.27. The number of ketones is 1. The summed E-state index contributed by atoms with van der Waals surface area (Å²) < 4.78 is 5.07. The van der Waals surface area contributed by atoms with Crippen molar-refractivity contribution in [2.75, 3.05) is 7.11 Å². The van der Waals surface area contributed by atoms with Gasteiger partial charge in [0.05, 0.1) is 13.2 Å². The molecule has 1 rings (SSSR count). The molecular weight excluding hydrogens is 214 g/mol. The van der Waals surface area contributed by atoms with Crippen LogP contribution in [-0.4, -0.2) is 12.9 Å². The van der Waals surface area contributed by atoms with Crippen molar-refractivity contribution in [3.8, 4) is 11.8 Å². The Morgan fingerprint density at radius 2 is 2.18 bits per heavy atom. The number of unbranched alkanes of at least 4 members (excludes halogenated alkanes) is 3. The topological polar surface area (TPSA) is 50.1 Å². The van der Waals surface area contributed by atoms with Gasteiger partial charge >= 0.3 is 0 Å². The molecule has 90 valence electrons. The first-order valence-electron chi connectivity index (χ1n) is 5.82. The lowest BCUT2D eigenvalue weighted by Gasteiger charge is -2.03. The molecule has 0 spiro atoms. The second kappa shape index (κ2) is 7.45. The minimum absolute atomic E-state index is 0.140. The summed E-state index contributed by atoms with van der Waals surface area (Å²) in [5.41, 5.74) is 0.699. The Labute approximate surface area is 102 Å².